The number of rotatable bonds is 6. The molecule has 1 saturated heterocycles. The first-order valence-corrected chi connectivity index (χ1v) is 11.4. The minimum atomic E-state index is -0.224. The maximum absolute atomic E-state index is 12.4. The molecular formula is C20H28N6O2S. The fourth-order valence-corrected chi connectivity index (χ4v) is 4.73. The summed E-state index contributed by atoms with van der Waals surface area (Å²) in [5.74, 6) is 0. The van der Waals surface area contributed by atoms with Gasteiger partial charge < -0.3 is 5.32 Å². The Morgan fingerprint density at radius 1 is 1.21 bits per heavy atom. The van der Waals surface area contributed by atoms with Crippen LogP contribution in [-0.2, 0) is 19.4 Å². The van der Waals surface area contributed by atoms with E-state index in [0.29, 0.717) is 18.2 Å². The highest BCUT2D eigenvalue weighted by molar-refractivity contribution is 7.13. The van der Waals surface area contributed by atoms with Crippen molar-refractivity contribution in [1.82, 2.24) is 25.0 Å². The highest BCUT2D eigenvalue weighted by Gasteiger charge is 2.23. The van der Waals surface area contributed by atoms with Gasteiger partial charge in [-0.3, -0.25) is 15.0 Å². The van der Waals surface area contributed by atoms with Crippen molar-refractivity contribution in [2.24, 2.45) is 0 Å². The predicted octanol–water partition coefficient (Wildman–Crippen LogP) is 2.25. The Bertz CT molecular complexity index is 882. The topological polar surface area (TPSA) is 92.2 Å². The van der Waals surface area contributed by atoms with Gasteiger partial charge in [0, 0.05) is 36.8 Å². The maximum Gasteiger partial charge on any atom is 0.321 e. The zero-order chi connectivity index (χ0) is 20.1. The summed E-state index contributed by atoms with van der Waals surface area (Å²) < 4.78 is 1.62. The van der Waals surface area contributed by atoms with Crippen LogP contribution in [0.3, 0.4) is 0 Å². The number of hydrogen-bond acceptors (Lipinski definition) is 6. The molecule has 2 aromatic heterocycles. The number of nitrogens with zero attached hydrogens (tertiary/aromatic N) is 4. The molecule has 0 saturated carbocycles. The summed E-state index contributed by atoms with van der Waals surface area (Å²) in [4.78, 5) is 31.0. The SMILES string of the molecule is O=C(NCC1CCCCN1CCn1nc2c(cc1=O)CCCC2)Nc1nccs1. The van der Waals surface area contributed by atoms with Crippen LogP contribution in [0, 0.1) is 0 Å². The molecule has 8 nitrogen and oxygen atoms in total. The molecule has 2 aromatic rings. The Morgan fingerprint density at radius 2 is 2.10 bits per heavy atom. The Morgan fingerprint density at radius 3 is 2.97 bits per heavy atom. The van der Waals surface area contributed by atoms with Crippen molar-refractivity contribution >= 4 is 22.5 Å². The molecule has 0 aromatic carbocycles. The molecule has 0 radical (unpaired) electrons. The number of fused-ring (bicyclic) bond motifs is 1. The summed E-state index contributed by atoms with van der Waals surface area (Å²) in [6.07, 6.45) is 9.27. The second-order valence-corrected chi connectivity index (χ2v) is 8.64. The van der Waals surface area contributed by atoms with E-state index in [2.05, 4.69) is 25.6 Å². The lowest BCUT2D eigenvalue weighted by atomic mass is 9.97. The number of thiazole rings is 1. The number of anilines is 1. The van der Waals surface area contributed by atoms with E-state index in [1.54, 1.807) is 16.9 Å². The van der Waals surface area contributed by atoms with E-state index in [9.17, 15) is 9.59 Å². The first-order chi connectivity index (χ1) is 14.2. The van der Waals surface area contributed by atoms with E-state index < -0.39 is 0 Å². The van der Waals surface area contributed by atoms with Gasteiger partial charge in [0.2, 0.25) is 0 Å². The van der Waals surface area contributed by atoms with Gasteiger partial charge in [-0.2, -0.15) is 5.10 Å². The van der Waals surface area contributed by atoms with E-state index in [0.717, 1.165) is 69.3 Å². The normalized spacial score (nSPS) is 19.5. The molecule has 2 N–H and O–H groups in total. The number of urea groups is 1. The molecule has 0 bridgehead atoms. The Kier molecular flexibility index (Phi) is 6.56. The molecule has 4 rings (SSSR count). The summed E-state index contributed by atoms with van der Waals surface area (Å²) in [6.45, 7) is 2.93. The van der Waals surface area contributed by atoms with Gasteiger partial charge in [-0.05, 0) is 50.6 Å². The van der Waals surface area contributed by atoms with Gasteiger partial charge in [-0.25, -0.2) is 14.5 Å². The molecule has 2 amide bonds. The molecule has 1 aliphatic carbocycles. The van der Waals surface area contributed by atoms with Crippen LogP contribution in [0.15, 0.2) is 22.4 Å². The molecule has 2 aliphatic rings. The van der Waals surface area contributed by atoms with Gasteiger partial charge in [0.05, 0.1) is 12.2 Å². The zero-order valence-electron chi connectivity index (χ0n) is 16.6. The van der Waals surface area contributed by atoms with Crippen LogP contribution in [0.4, 0.5) is 9.93 Å². The van der Waals surface area contributed by atoms with Crippen molar-refractivity contribution in [2.75, 3.05) is 25.0 Å². The van der Waals surface area contributed by atoms with Gasteiger partial charge in [0.25, 0.3) is 5.56 Å². The summed E-state index contributed by atoms with van der Waals surface area (Å²) in [5, 5.41) is 12.8. The molecular weight excluding hydrogens is 388 g/mol. The molecule has 9 heteroatoms. The number of likely N-dealkylation sites (tertiary alicyclic amines) is 1. The Balaban J connectivity index is 1.32. The highest BCUT2D eigenvalue weighted by atomic mass is 32.1. The van der Waals surface area contributed by atoms with E-state index >= 15 is 0 Å². The first-order valence-electron chi connectivity index (χ1n) is 10.5. The van der Waals surface area contributed by atoms with Crippen molar-refractivity contribution in [3.63, 3.8) is 0 Å². The quantitative estimate of drug-likeness (QED) is 0.754. The first kappa shape index (κ1) is 20.0. The Hall–Kier alpha value is -2.26. The van der Waals surface area contributed by atoms with Gasteiger partial charge in [0.15, 0.2) is 5.13 Å². The van der Waals surface area contributed by atoms with Gasteiger partial charge in [-0.15, -0.1) is 11.3 Å². The lowest BCUT2D eigenvalue weighted by Gasteiger charge is -2.35. The fourth-order valence-electron chi connectivity index (χ4n) is 4.21. The summed E-state index contributed by atoms with van der Waals surface area (Å²) in [5.41, 5.74) is 2.22. The number of piperidine rings is 1. The molecule has 1 aliphatic heterocycles. The van der Waals surface area contributed by atoms with Gasteiger partial charge in [0.1, 0.15) is 0 Å². The largest absolute Gasteiger partial charge is 0.336 e. The second-order valence-electron chi connectivity index (χ2n) is 7.74. The maximum atomic E-state index is 12.4. The number of carbonyl (C=O) groups is 1. The van der Waals surface area contributed by atoms with E-state index in [-0.39, 0.29) is 17.6 Å². The molecule has 29 heavy (non-hydrogen) atoms. The van der Waals surface area contributed by atoms with Crippen LogP contribution in [-0.4, -0.2) is 51.4 Å². The van der Waals surface area contributed by atoms with Crippen molar-refractivity contribution in [1.29, 1.82) is 0 Å². The minimum absolute atomic E-state index is 0.000148. The third-order valence-electron chi connectivity index (χ3n) is 5.77. The fraction of sp³-hybridized carbons (Fsp3) is 0.600. The van der Waals surface area contributed by atoms with Crippen molar-refractivity contribution in [2.45, 2.75) is 57.5 Å². The summed E-state index contributed by atoms with van der Waals surface area (Å²) >= 11 is 1.40. The molecule has 0 spiro atoms. The Labute approximate surface area is 174 Å². The minimum Gasteiger partial charge on any atom is -0.336 e. The number of carbonyl (C=O) groups excluding carboxylic acids is 1. The standard InChI is InChI=1S/C20H28N6O2S/c27-18-13-15-5-1-2-7-17(15)24-26(18)11-10-25-9-4-3-6-16(25)14-22-19(28)23-20-21-8-12-29-20/h8,12-13,16H,1-7,9-11,14H2,(H2,21,22,23,28). The number of nitrogens with one attached hydrogen (secondary N) is 2. The average molecular weight is 417 g/mol. The van der Waals surface area contributed by atoms with E-state index in [1.165, 1.54) is 11.3 Å². The van der Waals surface area contributed by atoms with E-state index in [1.807, 2.05) is 5.38 Å². The van der Waals surface area contributed by atoms with Crippen LogP contribution in [0.25, 0.3) is 0 Å². The lowest BCUT2D eigenvalue weighted by molar-refractivity contribution is 0.139. The number of hydrogen-bond donors (Lipinski definition) is 2. The monoisotopic (exact) mass is 416 g/mol. The van der Waals surface area contributed by atoms with Crippen LogP contribution in [0.1, 0.15) is 43.4 Å². The molecule has 1 fully saturated rings. The van der Waals surface area contributed by atoms with Gasteiger partial charge in [-0.1, -0.05) is 6.42 Å². The molecule has 1 unspecified atom stereocenters. The van der Waals surface area contributed by atoms with Gasteiger partial charge >= 0.3 is 6.03 Å². The summed E-state index contributed by atoms with van der Waals surface area (Å²) in [6, 6.07) is 1.83. The molecule has 156 valence electrons. The average Bonchev–Trinajstić information content (AvgIpc) is 3.24. The molecule has 3 heterocycles. The van der Waals surface area contributed by atoms with Crippen LogP contribution < -0.4 is 16.2 Å². The highest BCUT2D eigenvalue weighted by Crippen LogP contribution is 2.18. The van der Waals surface area contributed by atoms with Crippen molar-refractivity contribution < 1.29 is 4.79 Å². The summed E-state index contributed by atoms with van der Waals surface area (Å²) in [7, 11) is 0. The van der Waals surface area contributed by atoms with Crippen molar-refractivity contribution in [3.8, 4) is 0 Å². The van der Waals surface area contributed by atoms with Crippen LogP contribution >= 0.6 is 11.3 Å². The third kappa shape index (κ3) is 5.22. The number of amides is 2. The predicted molar refractivity (Wildman–Crippen MR) is 113 cm³/mol. The number of aromatic nitrogens is 3. The number of aryl methyl sites for hydroxylation is 2. The lowest BCUT2D eigenvalue weighted by Crippen LogP contribution is -2.48. The smallest absolute Gasteiger partial charge is 0.321 e. The second kappa shape index (κ2) is 9.49. The zero-order valence-corrected chi connectivity index (χ0v) is 17.4. The third-order valence-corrected chi connectivity index (χ3v) is 6.46. The molecule has 1 atom stereocenters. The van der Waals surface area contributed by atoms with Crippen LogP contribution in [0.2, 0.25) is 0 Å². The van der Waals surface area contributed by atoms with Crippen molar-refractivity contribution in [3.05, 3.63) is 39.3 Å². The van der Waals surface area contributed by atoms with E-state index in [4.69, 9.17) is 0 Å². The van der Waals surface area contributed by atoms with Crippen LogP contribution in [0.5, 0.6) is 0 Å².